The Hall–Kier alpha value is -1.22. The van der Waals surface area contributed by atoms with E-state index < -0.39 is 0 Å². The second-order valence-electron chi connectivity index (χ2n) is 4.08. The number of rotatable bonds is 3. The van der Waals surface area contributed by atoms with Crippen LogP contribution < -0.4 is 0 Å². The van der Waals surface area contributed by atoms with Crippen molar-refractivity contribution in [3.8, 4) is 0 Å². The van der Waals surface area contributed by atoms with Crippen molar-refractivity contribution in [1.82, 2.24) is 4.98 Å². The van der Waals surface area contributed by atoms with Crippen molar-refractivity contribution in [2.75, 3.05) is 13.2 Å². The van der Waals surface area contributed by atoms with Crippen LogP contribution in [0.1, 0.15) is 28.9 Å². The Kier molecular flexibility index (Phi) is 3.11. The van der Waals surface area contributed by atoms with Crippen LogP contribution in [-0.4, -0.2) is 24.0 Å². The molecule has 1 unspecified atom stereocenters. The molecule has 1 aliphatic rings. The number of aromatic nitrogens is 1. The number of ether oxygens (including phenoxy) is 1. The molecule has 1 aliphatic heterocycles. The van der Waals surface area contributed by atoms with Gasteiger partial charge in [-0.1, -0.05) is 6.07 Å². The quantitative estimate of drug-likeness (QED) is 0.708. The molecular formula is C12H15NO2. The average molecular weight is 205 g/mol. The molecule has 1 atom stereocenters. The van der Waals surface area contributed by atoms with Crippen LogP contribution in [0.2, 0.25) is 0 Å². The lowest BCUT2D eigenvalue weighted by molar-refractivity contribution is 0.0948. The first-order valence-electron chi connectivity index (χ1n) is 5.29. The molecule has 0 aromatic carbocycles. The van der Waals surface area contributed by atoms with Crippen molar-refractivity contribution in [2.24, 2.45) is 5.92 Å². The Morgan fingerprint density at radius 3 is 3.07 bits per heavy atom. The maximum absolute atomic E-state index is 11.8. The summed E-state index contributed by atoms with van der Waals surface area (Å²) in [6, 6.07) is 3.72. The molecule has 2 heterocycles. The van der Waals surface area contributed by atoms with E-state index in [0.29, 0.717) is 18.0 Å². The standard InChI is InChI=1S/C12H15NO2/c1-9-2-3-11(13-7-9)12(14)6-10-4-5-15-8-10/h2-3,7,10H,4-6,8H2,1H3. The van der Waals surface area contributed by atoms with Crippen molar-refractivity contribution < 1.29 is 9.53 Å². The molecular weight excluding hydrogens is 190 g/mol. The summed E-state index contributed by atoms with van der Waals surface area (Å²) in [6.45, 7) is 3.48. The number of pyridine rings is 1. The van der Waals surface area contributed by atoms with E-state index in [1.54, 1.807) is 12.3 Å². The molecule has 3 heteroatoms. The maximum atomic E-state index is 11.8. The summed E-state index contributed by atoms with van der Waals surface area (Å²) in [5.74, 6) is 0.520. The largest absolute Gasteiger partial charge is 0.381 e. The van der Waals surface area contributed by atoms with Crippen LogP contribution in [0.15, 0.2) is 18.3 Å². The van der Waals surface area contributed by atoms with Crippen molar-refractivity contribution in [1.29, 1.82) is 0 Å². The maximum Gasteiger partial charge on any atom is 0.181 e. The smallest absolute Gasteiger partial charge is 0.181 e. The number of Topliss-reactive ketones (excluding diaryl/α,β-unsaturated/α-hetero) is 1. The van der Waals surface area contributed by atoms with Crippen LogP contribution in [0.25, 0.3) is 0 Å². The summed E-state index contributed by atoms with van der Waals surface area (Å²) in [6.07, 6.45) is 3.30. The minimum absolute atomic E-state index is 0.130. The van der Waals surface area contributed by atoms with Gasteiger partial charge in [0.25, 0.3) is 0 Å². The van der Waals surface area contributed by atoms with Gasteiger partial charge in [-0.25, -0.2) is 0 Å². The van der Waals surface area contributed by atoms with Gasteiger partial charge in [-0.2, -0.15) is 0 Å². The minimum Gasteiger partial charge on any atom is -0.381 e. The van der Waals surface area contributed by atoms with Crippen molar-refractivity contribution in [3.05, 3.63) is 29.6 Å². The third-order valence-electron chi connectivity index (χ3n) is 2.70. The molecule has 80 valence electrons. The van der Waals surface area contributed by atoms with Crippen LogP contribution >= 0.6 is 0 Å². The molecule has 0 bridgehead atoms. The molecule has 0 aliphatic carbocycles. The number of aryl methyl sites for hydroxylation is 1. The van der Waals surface area contributed by atoms with E-state index in [9.17, 15) is 4.79 Å². The van der Waals surface area contributed by atoms with Gasteiger partial charge >= 0.3 is 0 Å². The molecule has 3 nitrogen and oxygen atoms in total. The lowest BCUT2D eigenvalue weighted by Gasteiger charge is -2.05. The van der Waals surface area contributed by atoms with Gasteiger partial charge < -0.3 is 4.74 Å². The molecule has 0 N–H and O–H groups in total. The second kappa shape index (κ2) is 4.53. The van der Waals surface area contributed by atoms with Gasteiger partial charge in [0.2, 0.25) is 0 Å². The Bertz CT molecular complexity index is 339. The molecule has 15 heavy (non-hydrogen) atoms. The highest BCUT2D eigenvalue weighted by Crippen LogP contribution is 2.18. The first kappa shape index (κ1) is 10.3. The van der Waals surface area contributed by atoms with E-state index in [1.165, 1.54) is 0 Å². The van der Waals surface area contributed by atoms with Gasteiger partial charge in [0.05, 0.1) is 0 Å². The van der Waals surface area contributed by atoms with Gasteiger partial charge in [-0.15, -0.1) is 0 Å². The van der Waals surface area contributed by atoms with Crippen LogP contribution in [0.5, 0.6) is 0 Å². The third kappa shape index (κ3) is 2.63. The first-order valence-corrected chi connectivity index (χ1v) is 5.29. The van der Waals surface area contributed by atoms with E-state index in [0.717, 1.165) is 25.2 Å². The molecule has 0 saturated carbocycles. The fourth-order valence-corrected chi connectivity index (χ4v) is 1.74. The number of ketones is 1. The van der Waals surface area contributed by atoms with E-state index >= 15 is 0 Å². The van der Waals surface area contributed by atoms with Crippen molar-refractivity contribution in [2.45, 2.75) is 19.8 Å². The van der Waals surface area contributed by atoms with Crippen LogP contribution in [0, 0.1) is 12.8 Å². The predicted octanol–water partition coefficient (Wildman–Crippen LogP) is 2.00. The van der Waals surface area contributed by atoms with E-state index in [1.807, 2.05) is 13.0 Å². The average Bonchev–Trinajstić information content (AvgIpc) is 2.71. The predicted molar refractivity (Wildman–Crippen MR) is 56.8 cm³/mol. The second-order valence-corrected chi connectivity index (χ2v) is 4.08. The van der Waals surface area contributed by atoms with E-state index in [-0.39, 0.29) is 5.78 Å². The monoisotopic (exact) mass is 205 g/mol. The van der Waals surface area contributed by atoms with Gasteiger partial charge in [0.1, 0.15) is 5.69 Å². The Balaban J connectivity index is 1.98. The number of carbonyl (C=O) groups excluding carboxylic acids is 1. The zero-order valence-electron chi connectivity index (χ0n) is 8.90. The summed E-state index contributed by atoms with van der Waals surface area (Å²) in [7, 11) is 0. The van der Waals surface area contributed by atoms with E-state index in [2.05, 4.69) is 4.98 Å². The number of hydrogen-bond acceptors (Lipinski definition) is 3. The Morgan fingerprint density at radius 2 is 2.47 bits per heavy atom. The molecule has 0 amide bonds. The SMILES string of the molecule is Cc1ccc(C(=O)CC2CCOC2)nc1. The summed E-state index contributed by atoms with van der Waals surface area (Å²) in [4.78, 5) is 15.9. The van der Waals surface area contributed by atoms with Gasteiger partial charge in [-0.05, 0) is 30.9 Å². The fourth-order valence-electron chi connectivity index (χ4n) is 1.74. The van der Waals surface area contributed by atoms with Crippen molar-refractivity contribution in [3.63, 3.8) is 0 Å². The number of hydrogen-bond donors (Lipinski definition) is 0. The number of nitrogens with zero attached hydrogens (tertiary/aromatic N) is 1. The lowest BCUT2D eigenvalue weighted by Crippen LogP contribution is -2.10. The van der Waals surface area contributed by atoms with Crippen LogP contribution in [-0.2, 0) is 4.74 Å². The summed E-state index contributed by atoms with van der Waals surface area (Å²) in [5.41, 5.74) is 1.66. The molecule has 1 aromatic rings. The van der Waals surface area contributed by atoms with Gasteiger partial charge in [0.15, 0.2) is 5.78 Å². The lowest BCUT2D eigenvalue weighted by atomic mass is 10.00. The summed E-state index contributed by atoms with van der Waals surface area (Å²) in [5, 5.41) is 0. The Morgan fingerprint density at radius 1 is 1.60 bits per heavy atom. The summed E-state index contributed by atoms with van der Waals surface area (Å²) >= 11 is 0. The Labute approximate surface area is 89.5 Å². The zero-order valence-corrected chi connectivity index (χ0v) is 8.90. The molecule has 0 spiro atoms. The summed E-state index contributed by atoms with van der Waals surface area (Å²) < 4.78 is 5.24. The number of carbonyl (C=O) groups is 1. The highest BCUT2D eigenvalue weighted by Gasteiger charge is 2.20. The molecule has 0 radical (unpaired) electrons. The topological polar surface area (TPSA) is 39.2 Å². The van der Waals surface area contributed by atoms with Crippen LogP contribution in [0.4, 0.5) is 0 Å². The van der Waals surface area contributed by atoms with Gasteiger partial charge in [-0.3, -0.25) is 9.78 Å². The fraction of sp³-hybridized carbons (Fsp3) is 0.500. The molecule has 1 fully saturated rings. The third-order valence-corrected chi connectivity index (χ3v) is 2.70. The van der Waals surface area contributed by atoms with Crippen molar-refractivity contribution >= 4 is 5.78 Å². The normalized spacial score (nSPS) is 20.5. The van der Waals surface area contributed by atoms with Gasteiger partial charge in [0, 0.05) is 25.8 Å². The molecule has 1 saturated heterocycles. The first-order chi connectivity index (χ1) is 7.25. The van der Waals surface area contributed by atoms with E-state index in [4.69, 9.17) is 4.74 Å². The molecule has 1 aromatic heterocycles. The van der Waals surface area contributed by atoms with Crippen LogP contribution in [0.3, 0.4) is 0 Å². The zero-order chi connectivity index (χ0) is 10.7. The minimum atomic E-state index is 0.130. The highest BCUT2D eigenvalue weighted by atomic mass is 16.5. The highest BCUT2D eigenvalue weighted by molar-refractivity contribution is 5.94. The molecule has 2 rings (SSSR count).